The third-order valence-corrected chi connectivity index (χ3v) is 3.84. The lowest BCUT2D eigenvalue weighted by molar-refractivity contribution is -0.137. The van der Waals surface area contributed by atoms with Gasteiger partial charge in [-0.2, -0.15) is 0 Å². The van der Waals surface area contributed by atoms with E-state index in [4.69, 9.17) is 5.11 Å². The minimum absolute atomic E-state index is 0.0218. The van der Waals surface area contributed by atoms with Gasteiger partial charge in [0, 0.05) is 28.7 Å². The lowest BCUT2D eigenvalue weighted by Crippen LogP contribution is -2.06. The summed E-state index contributed by atoms with van der Waals surface area (Å²) in [5.74, 6) is -0.664. The summed E-state index contributed by atoms with van der Waals surface area (Å²) in [6, 6.07) is 6.75. The third kappa shape index (κ3) is 5.65. The molecule has 5 nitrogen and oxygen atoms in total. The van der Waals surface area contributed by atoms with E-state index in [1.165, 1.54) is 7.11 Å². The molecule has 19 heavy (non-hydrogen) atoms. The molecule has 0 saturated heterocycles. The Morgan fingerprint density at radius 2 is 2.11 bits per heavy atom. The van der Waals surface area contributed by atoms with E-state index in [9.17, 15) is 13.8 Å². The van der Waals surface area contributed by atoms with Crippen molar-refractivity contribution in [3.63, 3.8) is 0 Å². The van der Waals surface area contributed by atoms with Crippen molar-refractivity contribution in [2.45, 2.75) is 18.6 Å². The molecule has 0 radical (unpaired) electrons. The first kappa shape index (κ1) is 15.4. The molecule has 0 fully saturated rings. The fraction of sp³-hybridized carbons (Fsp3) is 0.385. The van der Waals surface area contributed by atoms with Crippen LogP contribution >= 0.6 is 0 Å². The van der Waals surface area contributed by atoms with Crippen LogP contribution in [0.2, 0.25) is 0 Å². The zero-order chi connectivity index (χ0) is 14.3. The molecule has 0 spiro atoms. The smallest absolute Gasteiger partial charge is 0.337 e. The van der Waals surface area contributed by atoms with Crippen LogP contribution < -0.4 is 0 Å². The molecule has 104 valence electrons. The molecule has 0 aliphatic carbocycles. The van der Waals surface area contributed by atoms with E-state index in [-0.39, 0.29) is 6.42 Å². The molecular formula is C13H16O5S. The van der Waals surface area contributed by atoms with Gasteiger partial charge in [0.15, 0.2) is 0 Å². The first-order chi connectivity index (χ1) is 9.02. The maximum absolute atomic E-state index is 11.7. The average molecular weight is 284 g/mol. The second-order valence-corrected chi connectivity index (χ2v) is 5.55. The summed E-state index contributed by atoms with van der Waals surface area (Å²) in [4.78, 5) is 21.7. The highest BCUT2D eigenvalue weighted by molar-refractivity contribution is 7.84. The van der Waals surface area contributed by atoms with Crippen LogP contribution in [-0.4, -0.2) is 34.1 Å². The number of carboxylic acid groups (broad SMARTS) is 1. The summed E-state index contributed by atoms with van der Waals surface area (Å²) in [7, 11) is 0.178. The van der Waals surface area contributed by atoms with Gasteiger partial charge in [-0.25, -0.2) is 4.79 Å². The highest BCUT2D eigenvalue weighted by Gasteiger charge is 2.08. The van der Waals surface area contributed by atoms with Gasteiger partial charge in [-0.15, -0.1) is 0 Å². The fourth-order valence-corrected chi connectivity index (χ4v) is 2.71. The Labute approximate surface area is 114 Å². The quantitative estimate of drug-likeness (QED) is 0.769. The van der Waals surface area contributed by atoms with Gasteiger partial charge in [0.05, 0.1) is 12.7 Å². The Balaban J connectivity index is 2.54. The van der Waals surface area contributed by atoms with Crippen molar-refractivity contribution in [2.75, 3.05) is 12.9 Å². The van der Waals surface area contributed by atoms with Crippen LogP contribution in [0, 0.1) is 0 Å². The van der Waals surface area contributed by atoms with Crippen LogP contribution in [0.15, 0.2) is 24.3 Å². The van der Waals surface area contributed by atoms with Crippen molar-refractivity contribution < 1.29 is 23.6 Å². The molecule has 6 heteroatoms. The molecule has 1 atom stereocenters. The highest BCUT2D eigenvalue weighted by Crippen LogP contribution is 2.10. The maximum Gasteiger partial charge on any atom is 0.337 e. The van der Waals surface area contributed by atoms with Gasteiger partial charge in [0.1, 0.15) is 0 Å². The molecule has 0 aliphatic heterocycles. The third-order valence-electron chi connectivity index (χ3n) is 2.44. The van der Waals surface area contributed by atoms with Crippen molar-refractivity contribution >= 4 is 22.7 Å². The van der Waals surface area contributed by atoms with Crippen molar-refractivity contribution in [1.29, 1.82) is 0 Å². The molecule has 1 aromatic carbocycles. The van der Waals surface area contributed by atoms with Crippen LogP contribution in [0.4, 0.5) is 0 Å². The molecule has 1 N–H and O–H groups in total. The Kier molecular flexibility index (Phi) is 6.21. The Hall–Kier alpha value is -1.69. The Bertz CT molecular complexity index is 484. The molecule has 0 aromatic heterocycles. The van der Waals surface area contributed by atoms with Crippen molar-refractivity contribution in [3.8, 4) is 0 Å². The molecule has 1 unspecified atom stereocenters. The molecule has 1 rings (SSSR count). The van der Waals surface area contributed by atoms with Gasteiger partial charge in [-0.1, -0.05) is 12.1 Å². The summed E-state index contributed by atoms with van der Waals surface area (Å²) >= 11 is 0. The number of carbonyl (C=O) groups is 2. The predicted molar refractivity (Wildman–Crippen MR) is 71.4 cm³/mol. The largest absolute Gasteiger partial charge is 0.481 e. The molecule has 0 amide bonds. The van der Waals surface area contributed by atoms with E-state index in [2.05, 4.69) is 4.74 Å². The van der Waals surface area contributed by atoms with E-state index < -0.39 is 22.7 Å². The molecule has 0 bridgehead atoms. The zero-order valence-corrected chi connectivity index (χ0v) is 11.4. The number of hydrogen-bond donors (Lipinski definition) is 1. The lowest BCUT2D eigenvalue weighted by Gasteiger charge is -2.04. The normalized spacial score (nSPS) is 11.8. The second-order valence-electron chi connectivity index (χ2n) is 3.98. The number of ether oxygens (including phenoxy) is 1. The number of aliphatic carboxylic acids is 1. The summed E-state index contributed by atoms with van der Waals surface area (Å²) in [6.45, 7) is 0. The van der Waals surface area contributed by atoms with Crippen molar-refractivity contribution in [2.24, 2.45) is 0 Å². The lowest BCUT2D eigenvalue weighted by atomic mass is 10.1. The van der Waals surface area contributed by atoms with Crippen LogP contribution in [0.3, 0.4) is 0 Å². The van der Waals surface area contributed by atoms with Gasteiger partial charge in [0.2, 0.25) is 0 Å². The molecule has 0 aliphatic rings. The number of carbonyl (C=O) groups excluding carboxylic acids is 1. The van der Waals surface area contributed by atoms with Crippen molar-refractivity contribution in [1.82, 2.24) is 0 Å². The van der Waals surface area contributed by atoms with Crippen LogP contribution in [0.5, 0.6) is 0 Å². The van der Waals surface area contributed by atoms with E-state index >= 15 is 0 Å². The van der Waals surface area contributed by atoms with Crippen LogP contribution in [0.1, 0.15) is 28.8 Å². The zero-order valence-electron chi connectivity index (χ0n) is 10.6. The second kappa shape index (κ2) is 7.68. The van der Waals surface area contributed by atoms with Gasteiger partial charge >= 0.3 is 11.9 Å². The topological polar surface area (TPSA) is 80.7 Å². The minimum atomic E-state index is -1.13. The SMILES string of the molecule is COC(=O)c1cccc(CS(=O)CCCC(=O)O)c1. The Morgan fingerprint density at radius 1 is 1.37 bits per heavy atom. The van der Waals surface area contributed by atoms with E-state index in [0.717, 1.165) is 5.56 Å². The standard InChI is InChI=1S/C13H16O5S/c1-18-13(16)11-5-2-4-10(8-11)9-19(17)7-3-6-12(14)15/h2,4-5,8H,3,6-7,9H2,1H3,(H,14,15). The molecular weight excluding hydrogens is 268 g/mol. The highest BCUT2D eigenvalue weighted by atomic mass is 32.2. The number of benzene rings is 1. The van der Waals surface area contributed by atoms with E-state index in [1.807, 2.05) is 0 Å². The molecule has 1 aromatic rings. The number of rotatable bonds is 7. The summed E-state index contributed by atoms with van der Waals surface area (Å²) in [6.07, 6.45) is 0.409. The first-order valence-electron chi connectivity index (χ1n) is 5.77. The monoisotopic (exact) mass is 284 g/mol. The summed E-state index contributed by atoms with van der Waals surface area (Å²) in [5.41, 5.74) is 1.19. The molecule has 0 saturated carbocycles. The average Bonchev–Trinajstić information content (AvgIpc) is 2.37. The maximum atomic E-state index is 11.7. The first-order valence-corrected chi connectivity index (χ1v) is 7.25. The summed E-state index contributed by atoms with van der Waals surface area (Å²) in [5, 5.41) is 8.49. The minimum Gasteiger partial charge on any atom is -0.481 e. The summed E-state index contributed by atoms with van der Waals surface area (Å²) < 4.78 is 16.4. The Morgan fingerprint density at radius 3 is 2.74 bits per heavy atom. The van der Waals surface area contributed by atoms with Crippen LogP contribution in [0.25, 0.3) is 0 Å². The van der Waals surface area contributed by atoms with Crippen LogP contribution in [-0.2, 0) is 26.1 Å². The number of carboxylic acids is 1. The van der Waals surface area contributed by atoms with E-state index in [1.54, 1.807) is 24.3 Å². The predicted octanol–water partition coefficient (Wildman–Crippen LogP) is 1.59. The van der Waals surface area contributed by atoms with Crippen molar-refractivity contribution in [3.05, 3.63) is 35.4 Å². The number of hydrogen-bond acceptors (Lipinski definition) is 4. The van der Waals surface area contributed by atoms with E-state index in [0.29, 0.717) is 23.5 Å². The molecule has 0 heterocycles. The van der Waals surface area contributed by atoms with Gasteiger partial charge in [-0.3, -0.25) is 9.00 Å². The van der Waals surface area contributed by atoms with Gasteiger partial charge < -0.3 is 9.84 Å². The van der Waals surface area contributed by atoms with Gasteiger partial charge in [0.25, 0.3) is 0 Å². The number of methoxy groups -OCH3 is 1. The number of esters is 1. The van der Waals surface area contributed by atoms with Gasteiger partial charge in [-0.05, 0) is 24.1 Å². The fourth-order valence-electron chi connectivity index (χ4n) is 1.55.